The number of carbonyl (C=O) groups is 1. The summed E-state index contributed by atoms with van der Waals surface area (Å²) in [4.78, 5) is 60.8. The van der Waals surface area contributed by atoms with Crippen LogP contribution in [0.15, 0.2) is 21.7 Å². The smallest absolute Gasteiger partial charge is 0.409 e. The lowest BCUT2D eigenvalue weighted by Gasteiger charge is -2.32. The highest BCUT2D eigenvalue weighted by Gasteiger charge is 2.30. The number of benzene rings is 1. The zero-order chi connectivity index (χ0) is 22.9. The number of ether oxygens (including phenoxy) is 1. The second kappa shape index (κ2) is 8.53. The minimum Gasteiger partial charge on any atom is -0.450 e. The van der Waals surface area contributed by atoms with Crippen molar-refractivity contribution in [3.05, 3.63) is 53.2 Å². The zero-order valence-electron chi connectivity index (χ0n) is 17.0. The van der Waals surface area contributed by atoms with Gasteiger partial charge in [-0.25, -0.2) is 9.59 Å². The number of aryl methyl sites for hydroxylation is 1. The van der Waals surface area contributed by atoms with Crippen molar-refractivity contribution in [1.29, 1.82) is 0 Å². The maximum atomic E-state index is 13.2. The van der Waals surface area contributed by atoms with Gasteiger partial charge >= 0.3 is 17.5 Å². The molecule has 3 rings (SSSR count). The van der Waals surface area contributed by atoms with E-state index in [2.05, 4.69) is 0 Å². The number of amides is 1. The van der Waals surface area contributed by atoms with Gasteiger partial charge in [-0.05, 0) is 26.7 Å². The lowest BCUT2D eigenvalue weighted by Crippen LogP contribution is -2.47. The van der Waals surface area contributed by atoms with Crippen LogP contribution < -0.4 is 11.2 Å². The summed E-state index contributed by atoms with van der Waals surface area (Å²) in [5.74, 6) is 0. The lowest BCUT2D eigenvalue weighted by atomic mass is 10.0. The van der Waals surface area contributed by atoms with Crippen molar-refractivity contribution in [2.75, 3.05) is 19.7 Å². The minimum absolute atomic E-state index is 0.0237. The van der Waals surface area contributed by atoms with Gasteiger partial charge in [-0.3, -0.25) is 34.2 Å². The van der Waals surface area contributed by atoms with Gasteiger partial charge in [-0.15, -0.1) is 0 Å². The molecule has 2 aromatic rings. The molecular weight excluding hydrogens is 414 g/mol. The maximum Gasteiger partial charge on any atom is 0.409 e. The Kier molecular flexibility index (Phi) is 6.04. The van der Waals surface area contributed by atoms with Crippen LogP contribution in [0.2, 0.25) is 0 Å². The topological polar surface area (TPSA) is 160 Å². The normalized spacial score (nSPS) is 14.6. The highest BCUT2D eigenvalue weighted by molar-refractivity contribution is 5.89. The molecule has 1 aliphatic heterocycles. The van der Waals surface area contributed by atoms with Crippen LogP contribution in [0.25, 0.3) is 10.9 Å². The quantitative estimate of drug-likeness (QED) is 0.507. The fourth-order valence-corrected chi connectivity index (χ4v) is 3.87. The molecule has 1 saturated heterocycles. The Morgan fingerprint density at radius 1 is 1.13 bits per heavy atom. The third kappa shape index (κ3) is 3.85. The van der Waals surface area contributed by atoms with Gasteiger partial charge in [-0.2, -0.15) is 0 Å². The summed E-state index contributed by atoms with van der Waals surface area (Å²) >= 11 is 0. The lowest BCUT2D eigenvalue weighted by molar-refractivity contribution is -0.393. The molecule has 0 atom stereocenters. The van der Waals surface area contributed by atoms with Crippen molar-refractivity contribution < 1.29 is 19.4 Å². The van der Waals surface area contributed by atoms with Gasteiger partial charge in [0, 0.05) is 31.7 Å². The van der Waals surface area contributed by atoms with Crippen LogP contribution in [0.3, 0.4) is 0 Å². The summed E-state index contributed by atoms with van der Waals surface area (Å²) in [5, 5.41) is 22.5. The first-order chi connectivity index (χ1) is 14.7. The number of non-ortho nitro benzene ring substituents is 2. The molecule has 0 unspecified atom stereocenters. The number of nitrogens with zero attached hydrogens (tertiary/aromatic N) is 5. The van der Waals surface area contributed by atoms with E-state index in [9.17, 15) is 34.6 Å². The van der Waals surface area contributed by atoms with Gasteiger partial charge in [-0.1, -0.05) is 0 Å². The van der Waals surface area contributed by atoms with E-state index in [1.807, 2.05) is 0 Å². The van der Waals surface area contributed by atoms with Crippen LogP contribution >= 0.6 is 0 Å². The predicted octanol–water partition coefficient (Wildman–Crippen LogP) is 1.79. The van der Waals surface area contributed by atoms with Crippen molar-refractivity contribution in [2.24, 2.45) is 0 Å². The number of piperidine rings is 1. The molecule has 0 saturated carbocycles. The van der Waals surface area contributed by atoms with Gasteiger partial charge in [0.15, 0.2) is 0 Å². The highest BCUT2D eigenvalue weighted by Crippen LogP contribution is 2.29. The molecule has 166 valence electrons. The molecule has 1 amide bonds. The van der Waals surface area contributed by atoms with Crippen LogP contribution in [0.4, 0.5) is 16.2 Å². The van der Waals surface area contributed by atoms with Crippen molar-refractivity contribution >= 4 is 28.4 Å². The summed E-state index contributed by atoms with van der Waals surface area (Å²) in [5.41, 5.74) is -3.09. The Labute approximate surface area is 174 Å². The number of hydrogen-bond acceptors (Lipinski definition) is 8. The number of nitro benzene ring substituents is 2. The van der Waals surface area contributed by atoms with Crippen LogP contribution in [0, 0.1) is 20.2 Å². The number of rotatable bonds is 5. The number of hydrogen-bond donors (Lipinski definition) is 0. The van der Waals surface area contributed by atoms with E-state index >= 15 is 0 Å². The largest absolute Gasteiger partial charge is 0.450 e. The third-order valence-corrected chi connectivity index (χ3v) is 5.31. The van der Waals surface area contributed by atoms with E-state index in [0.717, 1.165) is 21.3 Å². The Balaban J connectivity index is 2.17. The molecule has 0 bridgehead atoms. The Bertz CT molecular complexity index is 1180. The van der Waals surface area contributed by atoms with Gasteiger partial charge in [0.2, 0.25) is 0 Å². The van der Waals surface area contributed by atoms with E-state index in [1.54, 1.807) is 13.8 Å². The van der Waals surface area contributed by atoms with Crippen LogP contribution in [-0.4, -0.2) is 49.7 Å². The minimum atomic E-state index is -0.845. The first-order valence-electron chi connectivity index (χ1n) is 9.74. The molecule has 13 nitrogen and oxygen atoms in total. The maximum absolute atomic E-state index is 13.2. The Hall–Kier alpha value is -3.77. The average Bonchev–Trinajstić information content (AvgIpc) is 2.74. The van der Waals surface area contributed by atoms with Gasteiger partial charge in [0.05, 0.1) is 27.9 Å². The molecule has 13 heteroatoms. The molecular formula is C18H21N5O8. The Morgan fingerprint density at radius 3 is 2.29 bits per heavy atom. The van der Waals surface area contributed by atoms with E-state index in [0.29, 0.717) is 12.8 Å². The molecule has 0 aliphatic carbocycles. The molecule has 2 heterocycles. The predicted molar refractivity (Wildman–Crippen MR) is 108 cm³/mol. The van der Waals surface area contributed by atoms with Crippen LogP contribution in [-0.2, 0) is 11.3 Å². The van der Waals surface area contributed by atoms with Crippen molar-refractivity contribution in [2.45, 2.75) is 39.3 Å². The first kappa shape index (κ1) is 21.9. The van der Waals surface area contributed by atoms with E-state index in [4.69, 9.17) is 4.74 Å². The number of fused-ring (bicyclic) bond motifs is 1. The second-order valence-electron chi connectivity index (χ2n) is 6.99. The molecule has 1 aromatic heterocycles. The SMILES string of the molecule is CCOC(=O)N1CCC(n2c(=O)c3cc([N+](=O)[O-])cc([N+](=O)[O-])c3n(CC)c2=O)CC1. The van der Waals surface area contributed by atoms with Crippen LogP contribution in [0.5, 0.6) is 0 Å². The fourth-order valence-electron chi connectivity index (χ4n) is 3.87. The van der Waals surface area contributed by atoms with Gasteiger partial charge < -0.3 is 9.64 Å². The van der Waals surface area contributed by atoms with E-state index in [1.165, 1.54) is 4.90 Å². The number of aromatic nitrogens is 2. The average molecular weight is 435 g/mol. The summed E-state index contributed by atoms with van der Waals surface area (Å²) in [6.07, 6.45) is 0.101. The molecule has 1 fully saturated rings. The van der Waals surface area contributed by atoms with Crippen molar-refractivity contribution in [3.8, 4) is 0 Å². The Morgan fingerprint density at radius 2 is 1.77 bits per heavy atom. The summed E-state index contributed by atoms with van der Waals surface area (Å²) in [7, 11) is 0. The fraction of sp³-hybridized carbons (Fsp3) is 0.500. The first-order valence-corrected chi connectivity index (χ1v) is 9.74. The molecule has 31 heavy (non-hydrogen) atoms. The molecule has 0 spiro atoms. The molecule has 0 N–H and O–H groups in total. The van der Waals surface area contributed by atoms with Crippen molar-refractivity contribution in [3.63, 3.8) is 0 Å². The van der Waals surface area contributed by atoms with Gasteiger partial charge in [0.25, 0.3) is 11.2 Å². The standard InChI is InChI=1S/C18H21N5O8/c1-3-20-15-13(9-12(22(27)28)10-14(15)23(29)30)16(24)21(17(20)25)11-5-7-19(8-6-11)18(26)31-4-2/h9-11H,3-8H2,1-2H3. The molecule has 1 aliphatic rings. The third-order valence-electron chi connectivity index (χ3n) is 5.31. The number of nitro groups is 2. The molecule has 1 aromatic carbocycles. The zero-order valence-corrected chi connectivity index (χ0v) is 17.0. The van der Waals surface area contributed by atoms with E-state index < -0.39 is 44.6 Å². The number of carbonyl (C=O) groups excluding carboxylic acids is 1. The second-order valence-corrected chi connectivity index (χ2v) is 6.99. The van der Waals surface area contributed by atoms with Crippen LogP contribution in [0.1, 0.15) is 32.7 Å². The van der Waals surface area contributed by atoms with Gasteiger partial charge in [0.1, 0.15) is 5.52 Å². The summed E-state index contributed by atoms with van der Waals surface area (Å²) in [6.45, 7) is 4.04. The highest BCUT2D eigenvalue weighted by atomic mass is 16.6. The monoisotopic (exact) mass is 435 g/mol. The molecule has 0 radical (unpaired) electrons. The summed E-state index contributed by atoms with van der Waals surface area (Å²) in [6, 6.07) is 1.14. The van der Waals surface area contributed by atoms with Crippen molar-refractivity contribution in [1.82, 2.24) is 14.0 Å². The van der Waals surface area contributed by atoms with E-state index in [-0.39, 0.29) is 37.1 Å². The number of likely N-dealkylation sites (tertiary alicyclic amines) is 1. The summed E-state index contributed by atoms with van der Waals surface area (Å²) < 4.78 is 7.03.